The van der Waals surface area contributed by atoms with Gasteiger partial charge in [0.1, 0.15) is 0 Å². The van der Waals surface area contributed by atoms with Crippen LogP contribution in [-0.2, 0) is 0 Å². The van der Waals surface area contributed by atoms with Gasteiger partial charge < -0.3 is 20.6 Å². The Kier molecular flexibility index (Phi) is 3.48. The van der Waals surface area contributed by atoms with Crippen LogP contribution in [0.3, 0.4) is 0 Å². The van der Waals surface area contributed by atoms with Crippen LogP contribution in [0.2, 0.25) is 0 Å². The lowest BCUT2D eigenvalue weighted by molar-refractivity contribution is 0.0689. The van der Waals surface area contributed by atoms with Crippen molar-refractivity contribution in [2.45, 2.75) is 18.6 Å². The Balaban J connectivity index is 2.15. The summed E-state index contributed by atoms with van der Waals surface area (Å²) in [6, 6.07) is -0.0569. The average Bonchev–Trinajstić information content (AvgIpc) is 2.83. The standard InChI is InChI=1S/C10H17N5O3/c1-14(2)4-6-3-7(16)5-15(6)10(17)8-9(11)13-18-12-8/h6-7,16H,3-5H2,1-2H3,(H2,11,13). The second-order valence-electron chi connectivity index (χ2n) is 4.76. The number of likely N-dealkylation sites (N-methyl/N-ethyl adjacent to an activating group) is 1. The van der Waals surface area contributed by atoms with Gasteiger partial charge in [0.15, 0.2) is 0 Å². The van der Waals surface area contributed by atoms with E-state index in [0.29, 0.717) is 13.0 Å². The molecule has 1 amide bonds. The van der Waals surface area contributed by atoms with E-state index in [1.807, 2.05) is 19.0 Å². The van der Waals surface area contributed by atoms with Crippen LogP contribution < -0.4 is 5.73 Å². The fraction of sp³-hybridized carbons (Fsp3) is 0.700. The molecule has 18 heavy (non-hydrogen) atoms. The Labute approximate surface area is 104 Å². The molecule has 3 N–H and O–H groups in total. The summed E-state index contributed by atoms with van der Waals surface area (Å²) in [6.07, 6.45) is 0.0368. The molecule has 1 aliphatic heterocycles. The number of β-amino-alcohol motifs (C(OH)–C–C–N with tert-alkyl or cyclic N) is 1. The normalized spacial score (nSPS) is 23.9. The lowest BCUT2D eigenvalue weighted by Gasteiger charge is -2.25. The molecule has 0 bridgehead atoms. The van der Waals surface area contributed by atoms with Crippen LogP contribution in [0.15, 0.2) is 4.63 Å². The highest BCUT2D eigenvalue weighted by Crippen LogP contribution is 2.21. The number of carbonyl (C=O) groups excluding carboxylic acids is 1. The van der Waals surface area contributed by atoms with Crippen molar-refractivity contribution >= 4 is 11.7 Å². The first kappa shape index (κ1) is 12.8. The van der Waals surface area contributed by atoms with Crippen LogP contribution in [0, 0.1) is 0 Å². The van der Waals surface area contributed by atoms with Crippen molar-refractivity contribution in [2.75, 3.05) is 32.9 Å². The van der Waals surface area contributed by atoms with Crippen molar-refractivity contribution in [2.24, 2.45) is 0 Å². The van der Waals surface area contributed by atoms with E-state index >= 15 is 0 Å². The molecule has 0 aromatic carbocycles. The van der Waals surface area contributed by atoms with Crippen molar-refractivity contribution in [1.82, 2.24) is 20.1 Å². The largest absolute Gasteiger partial charge is 0.391 e. The number of aromatic nitrogens is 2. The van der Waals surface area contributed by atoms with Crippen molar-refractivity contribution in [3.8, 4) is 0 Å². The maximum absolute atomic E-state index is 12.2. The first-order valence-electron chi connectivity index (χ1n) is 5.71. The van der Waals surface area contributed by atoms with Crippen LogP contribution in [-0.4, -0.2) is 70.5 Å². The minimum atomic E-state index is -0.514. The molecule has 1 fully saturated rings. The number of rotatable bonds is 3. The SMILES string of the molecule is CN(C)CC1CC(O)CN1C(=O)c1nonc1N. The van der Waals surface area contributed by atoms with Gasteiger partial charge in [-0.25, -0.2) is 4.63 Å². The van der Waals surface area contributed by atoms with Crippen LogP contribution in [0.1, 0.15) is 16.9 Å². The number of anilines is 1. The quantitative estimate of drug-likeness (QED) is 0.697. The van der Waals surface area contributed by atoms with E-state index in [1.54, 1.807) is 4.90 Å². The number of aliphatic hydroxyl groups is 1. The molecular weight excluding hydrogens is 238 g/mol. The van der Waals surface area contributed by atoms with E-state index in [-0.39, 0.29) is 30.0 Å². The van der Waals surface area contributed by atoms with Crippen molar-refractivity contribution < 1.29 is 14.5 Å². The fourth-order valence-corrected chi connectivity index (χ4v) is 2.22. The summed E-state index contributed by atoms with van der Waals surface area (Å²) in [4.78, 5) is 15.8. The molecule has 1 aliphatic rings. The second kappa shape index (κ2) is 4.91. The van der Waals surface area contributed by atoms with E-state index in [1.165, 1.54) is 0 Å². The first-order chi connectivity index (χ1) is 8.49. The zero-order valence-corrected chi connectivity index (χ0v) is 10.4. The molecule has 1 saturated heterocycles. The summed E-state index contributed by atoms with van der Waals surface area (Å²) in [5.41, 5.74) is 5.51. The number of nitrogens with two attached hydrogens (primary N) is 1. The van der Waals surface area contributed by atoms with Gasteiger partial charge in [-0.3, -0.25) is 4.79 Å². The number of carbonyl (C=O) groups is 1. The Morgan fingerprint density at radius 2 is 2.33 bits per heavy atom. The molecule has 100 valence electrons. The van der Waals surface area contributed by atoms with Gasteiger partial charge in [0, 0.05) is 19.1 Å². The van der Waals surface area contributed by atoms with Gasteiger partial charge >= 0.3 is 0 Å². The average molecular weight is 255 g/mol. The Bertz CT molecular complexity index is 433. The third kappa shape index (κ3) is 2.44. The first-order valence-corrected chi connectivity index (χ1v) is 5.71. The zero-order chi connectivity index (χ0) is 13.3. The van der Waals surface area contributed by atoms with Crippen molar-refractivity contribution in [3.05, 3.63) is 5.69 Å². The minimum absolute atomic E-state index is 0.00727. The van der Waals surface area contributed by atoms with Gasteiger partial charge in [-0.15, -0.1) is 0 Å². The third-order valence-electron chi connectivity index (χ3n) is 2.95. The van der Waals surface area contributed by atoms with E-state index in [9.17, 15) is 9.90 Å². The zero-order valence-electron chi connectivity index (χ0n) is 10.4. The topological polar surface area (TPSA) is 109 Å². The second-order valence-corrected chi connectivity index (χ2v) is 4.76. The number of amides is 1. The Morgan fingerprint density at radius 1 is 1.61 bits per heavy atom. The summed E-state index contributed by atoms with van der Waals surface area (Å²) >= 11 is 0. The molecule has 2 heterocycles. The van der Waals surface area contributed by atoms with E-state index in [4.69, 9.17) is 5.73 Å². The minimum Gasteiger partial charge on any atom is -0.391 e. The number of likely N-dealkylation sites (tertiary alicyclic amines) is 1. The summed E-state index contributed by atoms with van der Waals surface area (Å²) in [5.74, 6) is -0.373. The Morgan fingerprint density at radius 3 is 2.89 bits per heavy atom. The van der Waals surface area contributed by atoms with E-state index in [0.717, 1.165) is 0 Å². The molecule has 1 aromatic heterocycles. The smallest absolute Gasteiger partial charge is 0.280 e. The number of hydrogen-bond donors (Lipinski definition) is 2. The van der Waals surface area contributed by atoms with Crippen molar-refractivity contribution in [3.63, 3.8) is 0 Å². The van der Waals surface area contributed by atoms with Crippen LogP contribution in [0.4, 0.5) is 5.82 Å². The molecule has 0 aliphatic carbocycles. The number of nitrogens with zero attached hydrogens (tertiary/aromatic N) is 4. The van der Waals surface area contributed by atoms with Gasteiger partial charge in [-0.2, -0.15) is 0 Å². The maximum Gasteiger partial charge on any atom is 0.280 e. The molecular formula is C10H17N5O3. The van der Waals surface area contributed by atoms with E-state index in [2.05, 4.69) is 14.9 Å². The number of hydrogen-bond acceptors (Lipinski definition) is 7. The van der Waals surface area contributed by atoms with Gasteiger partial charge in [0.05, 0.1) is 6.10 Å². The highest BCUT2D eigenvalue weighted by Gasteiger charge is 2.36. The fourth-order valence-electron chi connectivity index (χ4n) is 2.22. The lowest BCUT2D eigenvalue weighted by atomic mass is 10.2. The maximum atomic E-state index is 12.2. The predicted octanol–water partition coefficient (Wildman–Crippen LogP) is -1.21. The van der Waals surface area contributed by atoms with E-state index < -0.39 is 6.10 Å². The van der Waals surface area contributed by atoms with Crippen molar-refractivity contribution in [1.29, 1.82) is 0 Å². The molecule has 0 spiro atoms. The lowest BCUT2D eigenvalue weighted by Crippen LogP contribution is -2.41. The number of aliphatic hydroxyl groups excluding tert-OH is 1. The summed E-state index contributed by atoms with van der Waals surface area (Å²) in [7, 11) is 3.83. The third-order valence-corrected chi connectivity index (χ3v) is 2.95. The predicted molar refractivity (Wildman–Crippen MR) is 62.7 cm³/mol. The van der Waals surface area contributed by atoms with Gasteiger partial charge in [0.2, 0.25) is 11.5 Å². The molecule has 0 saturated carbocycles. The molecule has 8 heteroatoms. The van der Waals surface area contributed by atoms with Gasteiger partial charge in [-0.1, -0.05) is 0 Å². The van der Waals surface area contributed by atoms with Crippen LogP contribution in [0.5, 0.6) is 0 Å². The highest BCUT2D eigenvalue weighted by molar-refractivity contribution is 5.96. The molecule has 8 nitrogen and oxygen atoms in total. The molecule has 0 radical (unpaired) electrons. The van der Waals surface area contributed by atoms with Gasteiger partial charge in [0.25, 0.3) is 5.91 Å². The summed E-state index contributed by atoms with van der Waals surface area (Å²) in [6.45, 7) is 0.956. The summed E-state index contributed by atoms with van der Waals surface area (Å²) < 4.78 is 4.42. The van der Waals surface area contributed by atoms with Crippen LogP contribution >= 0.6 is 0 Å². The molecule has 2 rings (SSSR count). The molecule has 2 atom stereocenters. The summed E-state index contributed by atoms with van der Waals surface area (Å²) in [5, 5.41) is 16.6. The van der Waals surface area contributed by atoms with Gasteiger partial charge in [-0.05, 0) is 30.8 Å². The Hall–Kier alpha value is -1.67. The molecule has 2 unspecified atom stereocenters. The molecule has 1 aromatic rings. The monoisotopic (exact) mass is 255 g/mol. The highest BCUT2D eigenvalue weighted by atomic mass is 16.6. The van der Waals surface area contributed by atoms with Crippen LogP contribution in [0.25, 0.3) is 0 Å². The number of nitrogen functional groups attached to an aromatic ring is 1.